The number of aromatic nitrogens is 2. The van der Waals surface area contributed by atoms with Gasteiger partial charge in [-0.3, -0.25) is 0 Å². The molecule has 0 spiro atoms. The van der Waals surface area contributed by atoms with Crippen LogP contribution < -0.4 is 0 Å². The van der Waals surface area contributed by atoms with Gasteiger partial charge in [0.2, 0.25) is 0 Å². The van der Waals surface area contributed by atoms with E-state index in [0.29, 0.717) is 6.61 Å². The van der Waals surface area contributed by atoms with Gasteiger partial charge in [-0.25, -0.2) is 4.99 Å². The molecule has 2 aromatic heterocycles. The summed E-state index contributed by atoms with van der Waals surface area (Å²) >= 11 is 0. The molecule has 0 amide bonds. The van der Waals surface area contributed by atoms with Gasteiger partial charge in [0.15, 0.2) is 0 Å². The Labute approximate surface area is 146 Å². The average molecular weight is 329 g/mol. The lowest BCUT2D eigenvalue weighted by Gasteiger charge is -2.07. The van der Waals surface area contributed by atoms with Gasteiger partial charge in [0.05, 0.1) is 11.4 Å². The zero-order chi connectivity index (χ0) is 17.1. The standard InChI is InChI=1S/C21H19N3O/c1-15-9-10-17(23-15)12-20-21(25-14-16-6-3-2-4-7-16)13-19(24-20)18-8-5-11-22-18/h2-13,22-23H,14H2,1H3/b20-12-. The van der Waals surface area contributed by atoms with Crippen LogP contribution in [0.1, 0.15) is 22.6 Å². The van der Waals surface area contributed by atoms with Crippen LogP contribution in [0.5, 0.6) is 0 Å². The van der Waals surface area contributed by atoms with Gasteiger partial charge < -0.3 is 14.7 Å². The van der Waals surface area contributed by atoms with Gasteiger partial charge in [0.1, 0.15) is 18.1 Å². The summed E-state index contributed by atoms with van der Waals surface area (Å²) in [5, 5.41) is 0. The molecule has 3 aromatic rings. The third-order valence-corrected chi connectivity index (χ3v) is 4.02. The fourth-order valence-electron chi connectivity index (χ4n) is 2.75. The van der Waals surface area contributed by atoms with Crippen LogP contribution in [-0.2, 0) is 11.3 Å². The quantitative estimate of drug-likeness (QED) is 0.706. The van der Waals surface area contributed by atoms with Crippen LogP contribution in [0.2, 0.25) is 0 Å². The van der Waals surface area contributed by atoms with Crippen molar-refractivity contribution in [3.8, 4) is 0 Å². The minimum atomic E-state index is 0.515. The Morgan fingerprint density at radius 2 is 1.92 bits per heavy atom. The molecule has 0 atom stereocenters. The van der Waals surface area contributed by atoms with Crippen molar-refractivity contribution in [2.45, 2.75) is 13.5 Å². The molecule has 25 heavy (non-hydrogen) atoms. The molecule has 4 heteroatoms. The summed E-state index contributed by atoms with van der Waals surface area (Å²) in [6.45, 7) is 2.55. The number of hydrogen-bond donors (Lipinski definition) is 2. The maximum atomic E-state index is 6.06. The van der Waals surface area contributed by atoms with Crippen LogP contribution in [-0.4, -0.2) is 15.7 Å². The van der Waals surface area contributed by atoms with Gasteiger partial charge >= 0.3 is 0 Å². The molecular formula is C21H19N3O. The highest BCUT2D eigenvalue weighted by Crippen LogP contribution is 2.26. The van der Waals surface area contributed by atoms with E-state index in [2.05, 4.69) is 22.1 Å². The van der Waals surface area contributed by atoms with Crippen molar-refractivity contribution in [1.29, 1.82) is 0 Å². The molecular weight excluding hydrogens is 310 g/mol. The van der Waals surface area contributed by atoms with E-state index in [4.69, 9.17) is 9.73 Å². The van der Waals surface area contributed by atoms with Crippen molar-refractivity contribution in [3.05, 3.63) is 101 Å². The minimum Gasteiger partial charge on any atom is -0.487 e. The largest absolute Gasteiger partial charge is 0.487 e. The number of ether oxygens (including phenoxy) is 1. The molecule has 4 rings (SSSR count). The molecule has 1 aliphatic heterocycles. The summed E-state index contributed by atoms with van der Waals surface area (Å²) in [4.78, 5) is 11.2. The molecule has 0 saturated heterocycles. The Balaban J connectivity index is 1.61. The number of nitrogens with one attached hydrogen (secondary N) is 2. The van der Waals surface area contributed by atoms with E-state index in [1.165, 1.54) is 0 Å². The number of hydrogen-bond acceptors (Lipinski definition) is 2. The maximum absolute atomic E-state index is 6.06. The van der Waals surface area contributed by atoms with E-state index >= 15 is 0 Å². The average Bonchev–Trinajstić information content (AvgIpc) is 3.36. The first-order chi connectivity index (χ1) is 12.3. The molecule has 3 heterocycles. The summed E-state index contributed by atoms with van der Waals surface area (Å²) in [7, 11) is 0. The second-order valence-corrected chi connectivity index (χ2v) is 5.99. The molecule has 0 unspecified atom stereocenters. The highest BCUT2D eigenvalue weighted by molar-refractivity contribution is 6.11. The van der Waals surface area contributed by atoms with Gasteiger partial charge in [0, 0.05) is 23.7 Å². The van der Waals surface area contributed by atoms with Crippen LogP contribution >= 0.6 is 0 Å². The predicted octanol–water partition coefficient (Wildman–Crippen LogP) is 4.60. The summed E-state index contributed by atoms with van der Waals surface area (Å²) in [5.74, 6) is 0.778. The van der Waals surface area contributed by atoms with Gasteiger partial charge in [-0.05, 0) is 42.8 Å². The van der Waals surface area contributed by atoms with Gasteiger partial charge in [-0.2, -0.15) is 0 Å². The molecule has 0 aliphatic carbocycles. The molecule has 0 bridgehead atoms. The molecule has 1 aromatic carbocycles. The first kappa shape index (κ1) is 15.3. The van der Waals surface area contributed by atoms with Crippen molar-refractivity contribution in [1.82, 2.24) is 9.97 Å². The SMILES string of the molecule is Cc1ccc(/C=C2\N=C(c3ccc[nH]3)C=C2OCc2ccccc2)[nH]1. The molecule has 4 nitrogen and oxygen atoms in total. The van der Waals surface area contributed by atoms with E-state index in [1.54, 1.807) is 0 Å². The summed E-state index contributed by atoms with van der Waals surface area (Å²) < 4.78 is 6.06. The predicted molar refractivity (Wildman–Crippen MR) is 100 cm³/mol. The Kier molecular flexibility index (Phi) is 4.09. The smallest absolute Gasteiger partial charge is 0.147 e. The van der Waals surface area contributed by atoms with Crippen LogP contribution in [0.25, 0.3) is 6.08 Å². The van der Waals surface area contributed by atoms with Crippen molar-refractivity contribution in [3.63, 3.8) is 0 Å². The fraction of sp³-hybridized carbons (Fsp3) is 0.0952. The normalized spacial score (nSPS) is 15.3. The third-order valence-electron chi connectivity index (χ3n) is 4.02. The number of allylic oxidation sites excluding steroid dienone is 1. The topological polar surface area (TPSA) is 53.2 Å². The van der Waals surface area contributed by atoms with Gasteiger partial charge in [-0.1, -0.05) is 30.3 Å². The highest BCUT2D eigenvalue weighted by Gasteiger charge is 2.18. The Morgan fingerprint density at radius 3 is 2.64 bits per heavy atom. The third kappa shape index (κ3) is 3.48. The molecule has 0 radical (unpaired) electrons. The molecule has 0 fully saturated rings. The molecule has 124 valence electrons. The summed E-state index contributed by atoms with van der Waals surface area (Å²) in [6, 6.07) is 18.2. The van der Waals surface area contributed by atoms with Crippen molar-refractivity contribution < 1.29 is 4.74 Å². The van der Waals surface area contributed by atoms with Crippen molar-refractivity contribution in [2.24, 2.45) is 4.99 Å². The van der Waals surface area contributed by atoms with Crippen LogP contribution in [0, 0.1) is 6.92 Å². The zero-order valence-corrected chi connectivity index (χ0v) is 14.0. The first-order valence-electron chi connectivity index (χ1n) is 8.26. The number of aliphatic imine (C=N–C) groups is 1. The Hall–Kier alpha value is -3.27. The van der Waals surface area contributed by atoms with E-state index in [9.17, 15) is 0 Å². The van der Waals surface area contributed by atoms with Crippen molar-refractivity contribution in [2.75, 3.05) is 0 Å². The van der Waals surface area contributed by atoms with Crippen LogP contribution in [0.15, 0.2) is 83.3 Å². The Bertz CT molecular complexity index is 944. The van der Waals surface area contributed by atoms with Gasteiger partial charge in [0.25, 0.3) is 0 Å². The lowest BCUT2D eigenvalue weighted by molar-refractivity contribution is 0.208. The van der Waals surface area contributed by atoms with E-state index in [-0.39, 0.29) is 0 Å². The number of nitrogens with zero attached hydrogens (tertiary/aromatic N) is 1. The lowest BCUT2D eigenvalue weighted by atomic mass is 10.2. The Morgan fingerprint density at radius 1 is 1.04 bits per heavy atom. The fourth-order valence-corrected chi connectivity index (χ4v) is 2.75. The van der Waals surface area contributed by atoms with Crippen LogP contribution in [0.3, 0.4) is 0 Å². The molecule has 0 saturated carbocycles. The second-order valence-electron chi connectivity index (χ2n) is 5.99. The number of aromatic amines is 2. The van der Waals surface area contributed by atoms with Crippen molar-refractivity contribution >= 4 is 11.8 Å². The summed E-state index contributed by atoms with van der Waals surface area (Å²) in [6.07, 6.45) is 5.89. The second kappa shape index (κ2) is 6.69. The number of aryl methyl sites for hydroxylation is 1. The van der Waals surface area contributed by atoms with E-state index < -0.39 is 0 Å². The van der Waals surface area contributed by atoms with Gasteiger partial charge in [-0.15, -0.1) is 0 Å². The number of benzene rings is 1. The monoisotopic (exact) mass is 329 g/mol. The number of rotatable bonds is 5. The molecule has 2 N–H and O–H groups in total. The lowest BCUT2D eigenvalue weighted by Crippen LogP contribution is -1.95. The highest BCUT2D eigenvalue weighted by atomic mass is 16.5. The van der Waals surface area contributed by atoms with E-state index in [0.717, 1.165) is 39.8 Å². The molecule has 1 aliphatic rings. The van der Waals surface area contributed by atoms with Crippen LogP contribution in [0.4, 0.5) is 0 Å². The first-order valence-corrected chi connectivity index (χ1v) is 8.26. The number of H-pyrrole nitrogens is 2. The van der Waals surface area contributed by atoms with E-state index in [1.807, 2.05) is 67.7 Å². The summed E-state index contributed by atoms with van der Waals surface area (Å²) in [5.41, 5.74) is 5.94. The maximum Gasteiger partial charge on any atom is 0.147 e. The zero-order valence-electron chi connectivity index (χ0n) is 14.0. The minimum absolute atomic E-state index is 0.515.